The standard InChI is InChI=1S/C16H28N4O/c1-4-10-21-15-11-13(3)18-16(19-15)20-9-7-6-8-14(20)12-17-5-2/h11,14,17H,4-10,12H2,1-3H3. The molecule has 1 aromatic rings. The molecule has 2 rings (SSSR count). The van der Waals surface area contributed by atoms with Crippen LogP contribution in [0.3, 0.4) is 0 Å². The average Bonchev–Trinajstić information content (AvgIpc) is 2.50. The van der Waals surface area contributed by atoms with Gasteiger partial charge in [-0.15, -0.1) is 0 Å². The van der Waals surface area contributed by atoms with Gasteiger partial charge in [-0.25, -0.2) is 4.98 Å². The number of rotatable bonds is 7. The van der Waals surface area contributed by atoms with Gasteiger partial charge in [0.2, 0.25) is 11.8 Å². The van der Waals surface area contributed by atoms with Gasteiger partial charge in [0.15, 0.2) is 0 Å². The van der Waals surface area contributed by atoms with Gasteiger partial charge in [0.05, 0.1) is 6.61 Å². The van der Waals surface area contributed by atoms with Crippen LogP contribution < -0.4 is 15.0 Å². The Kier molecular flexibility index (Phi) is 6.23. The molecule has 1 N–H and O–H groups in total. The highest BCUT2D eigenvalue weighted by molar-refractivity contribution is 5.36. The summed E-state index contributed by atoms with van der Waals surface area (Å²) >= 11 is 0. The molecule has 5 nitrogen and oxygen atoms in total. The van der Waals surface area contributed by atoms with E-state index in [9.17, 15) is 0 Å². The first kappa shape index (κ1) is 16.0. The van der Waals surface area contributed by atoms with Crippen molar-refractivity contribution in [2.24, 2.45) is 0 Å². The number of nitrogens with one attached hydrogen (secondary N) is 1. The van der Waals surface area contributed by atoms with Crippen LogP contribution >= 0.6 is 0 Å². The lowest BCUT2D eigenvalue weighted by molar-refractivity contribution is 0.303. The van der Waals surface area contributed by atoms with E-state index in [2.05, 4.69) is 34.0 Å². The monoisotopic (exact) mass is 292 g/mol. The van der Waals surface area contributed by atoms with E-state index in [-0.39, 0.29) is 0 Å². The maximum absolute atomic E-state index is 5.69. The number of hydrogen-bond acceptors (Lipinski definition) is 5. The molecule has 1 fully saturated rings. The predicted molar refractivity (Wildman–Crippen MR) is 86.1 cm³/mol. The number of nitrogens with zero attached hydrogens (tertiary/aromatic N) is 3. The quantitative estimate of drug-likeness (QED) is 0.837. The van der Waals surface area contributed by atoms with Crippen molar-refractivity contribution >= 4 is 5.95 Å². The SMILES string of the molecule is CCCOc1cc(C)nc(N2CCCCC2CNCC)n1. The van der Waals surface area contributed by atoms with E-state index in [1.807, 2.05) is 13.0 Å². The van der Waals surface area contributed by atoms with E-state index in [1.165, 1.54) is 19.3 Å². The Morgan fingerprint density at radius 1 is 1.33 bits per heavy atom. The molecule has 1 saturated heterocycles. The van der Waals surface area contributed by atoms with Crippen LogP contribution in [0.5, 0.6) is 5.88 Å². The number of aromatic nitrogens is 2. The summed E-state index contributed by atoms with van der Waals surface area (Å²) in [6.45, 7) is 10.00. The fraction of sp³-hybridized carbons (Fsp3) is 0.750. The molecule has 2 heterocycles. The highest BCUT2D eigenvalue weighted by Crippen LogP contribution is 2.23. The zero-order valence-electron chi connectivity index (χ0n) is 13.6. The summed E-state index contributed by atoms with van der Waals surface area (Å²) in [6, 6.07) is 2.40. The Balaban J connectivity index is 2.14. The van der Waals surface area contributed by atoms with Crippen LogP contribution in [0.25, 0.3) is 0 Å². The highest BCUT2D eigenvalue weighted by atomic mass is 16.5. The minimum atomic E-state index is 0.486. The van der Waals surface area contributed by atoms with Crippen molar-refractivity contribution < 1.29 is 4.74 Å². The summed E-state index contributed by atoms with van der Waals surface area (Å²) in [5, 5.41) is 3.45. The first-order valence-corrected chi connectivity index (χ1v) is 8.20. The zero-order valence-corrected chi connectivity index (χ0v) is 13.6. The van der Waals surface area contributed by atoms with Crippen LogP contribution in [0.1, 0.15) is 45.2 Å². The van der Waals surface area contributed by atoms with Crippen molar-refractivity contribution in [3.8, 4) is 5.88 Å². The minimum Gasteiger partial charge on any atom is -0.478 e. The molecular formula is C16H28N4O. The molecule has 1 unspecified atom stereocenters. The average molecular weight is 292 g/mol. The first-order chi connectivity index (χ1) is 10.2. The van der Waals surface area contributed by atoms with Crippen molar-refractivity contribution in [3.05, 3.63) is 11.8 Å². The van der Waals surface area contributed by atoms with Crippen LogP contribution in [0.2, 0.25) is 0 Å². The predicted octanol–water partition coefficient (Wildman–Crippen LogP) is 2.54. The Hall–Kier alpha value is -1.36. The number of aryl methyl sites for hydroxylation is 1. The van der Waals surface area contributed by atoms with Gasteiger partial charge in [-0.1, -0.05) is 13.8 Å². The van der Waals surface area contributed by atoms with Crippen LogP contribution in [0.15, 0.2) is 6.07 Å². The molecular weight excluding hydrogens is 264 g/mol. The van der Waals surface area contributed by atoms with Gasteiger partial charge in [0.25, 0.3) is 0 Å². The normalized spacial score (nSPS) is 18.8. The molecule has 0 bridgehead atoms. The Morgan fingerprint density at radius 3 is 2.95 bits per heavy atom. The van der Waals surface area contributed by atoms with Crippen molar-refractivity contribution in [1.29, 1.82) is 0 Å². The van der Waals surface area contributed by atoms with Crippen molar-refractivity contribution in [1.82, 2.24) is 15.3 Å². The number of hydrogen-bond donors (Lipinski definition) is 1. The fourth-order valence-corrected chi connectivity index (χ4v) is 2.72. The van der Waals surface area contributed by atoms with Crippen LogP contribution in [0, 0.1) is 6.92 Å². The van der Waals surface area contributed by atoms with Gasteiger partial charge in [-0.2, -0.15) is 4.98 Å². The first-order valence-electron chi connectivity index (χ1n) is 8.20. The number of anilines is 1. The molecule has 0 aliphatic carbocycles. The molecule has 0 spiro atoms. The topological polar surface area (TPSA) is 50.3 Å². The number of likely N-dealkylation sites (N-methyl/N-ethyl adjacent to an activating group) is 1. The van der Waals surface area contributed by atoms with Gasteiger partial charge in [0.1, 0.15) is 0 Å². The summed E-state index contributed by atoms with van der Waals surface area (Å²) in [4.78, 5) is 11.6. The molecule has 118 valence electrons. The largest absolute Gasteiger partial charge is 0.478 e. The molecule has 0 radical (unpaired) electrons. The third-order valence-corrected chi connectivity index (χ3v) is 3.79. The summed E-state index contributed by atoms with van der Waals surface area (Å²) in [5.74, 6) is 1.52. The van der Waals surface area contributed by atoms with E-state index in [4.69, 9.17) is 4.74 Å². The molecule has 21 heavy (non-hydrogen) atoms. The van der Waals surface area contributed by atoms with E-state index >= 15 is 0 Å². The molecule has 1 aliphatic rings. The molecule has 1 aromatic heterocycles. The smallest absolute Gasteiger partial charge is 0.229 e. The van der Waals surface area contributed by atoms with Crippen molar-refractivity contribution in [3.63, 3.8) is 0 Å². The molecule has 1 atom stereocenters. The molecule has 0 aromatic carbocycles. The summed E-state index contributed by atoms with van der Waals surface area (Å²) in [6.07, 6.45) is 4.70. The second kappa shape index (κ2) is 8.17. The molecule has 1 aliphatic heterocycles. The van der Waals surface area contributed by atoms with E-state index < -0.39 is 0 Å². The van der Waals surface area contributed by atoms with E-state index in [1.54, 1.807) is 0 Å². The Morgan fingerprint density at radius 2 is 2.19 bits per heavy atom. The van der Waals surface area contributed by atoms with Gasteiger partial charge < -0.3 is 15.0 Å². The number of ether oxygens (including phenoxy) is 1. The van der Waals surface area contributed by atoms with Crippen LogP contribution in [-0.4, -0.2) is 42.3 Å². The maximum atomic E-state index is 5.69. The second-order valence-electron chi connectivity index (χ2n) is 5.65. The Bertz CT molecular complexity index is 438. The van der Waals surface area contributed by atoms with Gasteiger partial charge in [-0.3, -0.25) is 0 Å². The summed E-state index contributed by atoms with van der Waals surface area (Å²) in [5.41, 5.74) is 0.971. The zero-order chi connectivity index (χ0) is 15.1. The third-order valence-electron chi connectivity index (χ3n) is 3.79. The second-order valence-corrected chi connectivity index (χ2v) is 5.65. The van der Waals surface area contributed by atoms with Gasteiger partial charge in [-0.05, 0) is 39.2 Å². The molecule has 0 saturated carbocycles. The van der Waals surface area contributed by atoms with Crippen LogP contribution in [-0.2, 0) is 0 Å². The minimum absolute atomic E-state index is 0.486. The third kappa shape index (κ3) is 4.56. The molecule has 5 heteroatoms. The lowest BCUT2D eigenvalue weighted by Crippen LogP contribution is -2.46. The summed E-state index contributed by atoms with van der Waals surface area (Å²) < 4.78 is 5.69. The van der Waals surface area contributed by atoms with Crippen molar-refractivity contribution in [2.45, 2.75) is 52.5 Å². The van der Waals surface area contributed by atoms with Gasteiger partial charge in [0, 0.05) is 30.9 Å². The van der Waals surface area contributed by atoms with E-state index in [0.717, 1.165) is 37.7 Å². The lowest BCUT2D eigenvalue weighted by Gasteiger charge is -2.36. The summed E-state index contributed by atoms with van der Waals surface area (Å²) in [7, 11) is 0. The maximum Gasteiger partial charge on any atom is 0.229 e. The lowest BCUT2D eigenvalue weighted by atomic mass is 10.0. The van der Waals surface area contributed by atoms with Crippen LogP contribution in [0.4, 0.5) is 5.95 Å². The van der Waals surface area contributed by atoms with E-state index in [0.29, 0.717) is 18.5 Å². The Labute approximate surface area is 128 Å². The number of piperidine rings is 1. The van der Waals surface area contributed by atoms with Gasteiger partial charge >= 0.3 is 0 Å². The molecule has 0 amide bonds. The van der Waals surface area contributed by atoms with Crippen molar-refractivity contribution in [2.75, 3.05) is 31.1 Å². The highest BCUT2D eigenvalue weighted by Gasteiger charge is 2.24. The fourth-order valence-electron chi connectivity index (χ4n) is 2.72.